The van der Waals surface area contributed by atoms with Crippen molar-refractivity contribution in [3.63, 3.8) is 0 Å². The molecule has 2 fully saturated rings. The van der Waals surface area contributed by atoms with E-state index in [9.17, 15) is 9.59 Å². The van der Waals surface area contributed by atoms with E-state index < -0.39 is 5.54 Å². The monoisotopic (exact) mass is 224 g/mol. The van der Waals surface area contributed by atoms with Crippen LogP contribution in [0.25, 0.3) is 0 Å². The molecule has 0 aromatic carbocycles. The number of hydrogen-bond donors (Lipinski definition) is 1. The standard InChI is InChI=1S/C12H20N2O2/c1-2-8-14-9-10(15)13-12(11(14)16)6-4-3-5-7-12/h2-9H2,1H3,(H,13,15). The number of rotatable bonds is 2. The third kappa shape index (κ3) is 1.93. The molecular weight excluding hydrogens is 204 g/mol. The lowest BCUT2D eigenvalue weighted by Gasteiger charge is -2.44. The van der Waals surface area contributed by atoms with Crippen molar-refractivity contribution in [1.29, 1.82) is 0 Å². The van der Waals surface area contributed by atoms with Gasteiger partial charge < -0.3 is 10.2 Å². The van der Waals surface area contributed by atoms with Crippen LogP contribution in [0.4, 0.5) is 0 Å². The van der Waals surface area contributed by atoms with Crippen LogP contribution in [0.15, 0.2) is 0 Å². The van der Waals surface area contributed by atoms with Crippen LogP contribution < -0.4 is 5.32 Å². The van der Waals surface area contributed by atoms with E-state index in [4.69, 9.17) is 0 Å². The molecule has 0 bridgehead atoms. The van der Waals surface area contributed by atoms with Gasteiger partial charge in [0.25, 0.3) is 0 Å². The maximum atomic E-state index is 12.3. The van der Waals surface area contributed by atoms with Crippen LogP contribution in [0.5, 0.6) is 0 Å². The SMILES string of the molecule is CCCN1CC(=O)NC2(CCCCC2)C1=O. The normalized spacial score (nSPS) is 24.7. The number of carbonyl (C=O) groups excluding carboxylic acids is 2. The fraction of sp³-hybridized carbons (Fsp3) is 0.833. The van der Waals surface area contributed by atoms with Crippen molar-refractivity contribution in [2.75, 3.05) is 13.1 Å². The third-order valence-corrected chi connectivity index (χ3v) is 3.61. The number of hydrogen-bond acceptors (Lipinski definition) is 2. The zero-order valence-electron chi connectivity index (χ0n) is 9.92. The topological polar surface area (TPSA) is 49.4 Å². The molecule has 2 rings (SSSR count). The predicted molar refractivity (Wildman–Crippen MR) is 60.8 cm³/mol. The zero-order chi connectivity index (χ0) is 11.6. The van der Waals surface area contributed by atoms with Gasteiger partial charge in [-0.3, -0.25) is 9.59 Å². The molecule has 1 N–H and O–H groups in total. The molecular formula is C12H20N2O2. The molecule has 0 atom stereocenters. The lowest BCUT2D eigenvalue weighted by molar-refractivity contribution is -0.151. The number of nitrogens with one attached hydrogen (secondary N) is 1. The van der Waals surface area contributed by atoms with Gasteiger partial charge in [-0.05, 0) is 19.3 Å². The van der Waals surface area contributed by atoms with Crippen LogP contribution >= 0.6 is 0 Å². The number of piperazine rings is 1. The minimum Gasteiger partial charge on any atom is -0.340 e. The van der Waals surface area contributed by atoms with E-state index in [2.05, 4.69) is 5.32 Å². The summed E-state index contributed by atoms with van der Waals surface area (Å²) in [4.78, 5) is 25.7. The molecule has 4 heteroatoms. The van der Waals surface area contributed by atoms with Crippen molar-refractivity contribution in [3.8, 4) is 0 Å². The van der Waals surface area contributed by atoms with Crippen molar-refractivity contribution < 1.29 is 9.59 Å². The molecule has 1 aliphatic carbocycles. The van der Waals surface area contributed by atoms with Gasteiger partial charge in [0.1, 0.15) is 5.54 Å². The zero-order valence-corrected chi connectivity index (χ0v) is 9.92. The lowest BCUT2D eigenvalue weighted by Crippen LogP contribution is -2.67. The first-order valence-corrected chi connectivity index (χ1v) is 6.28. The van der Waals surface area contributed by atoms with Gasteiger partial charge in [0, 0.05) is 6.54 Å². The number of nitrogens with zero attached hydrogens (tertiary/aromatic N) is 1. The van der Waals surface area contributed by atoms with Crippen LogP contribution in [0.1, 0.15) is 45.4 Å². The van der Waals surface area contributed by atoms with Crippen LogP contribution in [-0.4, -0.2) is 35.3 Å². The van der Waals surface area contributed by atoms with Crippen molar-refractivity contribution in [2.24, 2.45) is 0 Å². The second-order valence-corrected chi connectivity index (χ2v) is 4.92. The van der Waals surface area contributed by atoms with Gasteiger partial charge in [0.15, 0.2) is 0 Å². The second-order valence-electron chi connectivity index (χ2n) is 4.92. The summed E-state index contributed by atoms with van der Waals surface area (Å²) in [6.07, 6.45) is 5.82. The molecule has 2 aliphatic rings. The molecule has 1 aliphatic heterocycles. The van der Waals surface area contributed by atoms with Gasteiger partial charge >= 0.3 is 0 Å². The van der Waals surface area contributed by atoms with Gasteiger partial charge in [-0.15, -0.1) is 0 Å². The summed E-state index contributed by atoms with van der Waals surface area (Å²) in [5, 5.41) is 2.94. The molecule has 0 aromatic heterocycles. The molecule has 0 aromatic rings. The first-order valence-electron chi connectivity index (χ1n) is 6.28. The summed E-state index contributed by atoms with van der Waals surface area (Å²) >= 11 is 0. The van der Waals surface area contributed by atoms with Gasteiger partial charge in [0.05, 0.1) is 6.54 Å². The molecule has 0 unspecified atom stereocenters. The Morgan fingerprint density at radius 3 is 2.56 bits per heavy atom. The highest BCUT2D eigenvalue weighted by Crippen LogP contribution is 2.31. The minimum absolute atomic E-state index is 0.00921. The largest absolute Gasteiger partial charge is 0.340 e. The summed E-state index contributed by atoms with van der Waals surface area (Å²) in [6, 6.07) is 0. The first-order chi connectivity index (χ1) is 7.68. The Kier molecular flexibility index (Phi) is 3.17. The molecule has 2 amide bonds. The van der Waals surface area contributed by atoms with Crippen LogP contribution in [0.3, 0.4) is 0 Å². The fourth-order valence-electron chi connectivity index (χ4n) is 2.85. The van der Waals surface area contributed by atoms with Crippen molar-refractivity contribution in [2.45, 2.75) is 51.0 Å². The van der Waals surface area contributed by atoms with E-state index in [1.54, 1.807) is 4.90 Å². The Morgan fingerprint density at radius 2 is 1.94 bits per heavy atom. The van der Waals surface area contributed by atoms with E-state index in [1.165, 1.54) is 6.42 Å². The maximum absolute atomic E-state index is 12.3. The smallest absolute Gasteiger partial charge is 0.248 e. The molecule has 1 spiro atoms. The first kappa shape index (κ1) is 11.4. The van der Waals surface area contributed by atoms with E-state index >= 15 is 0 Å². The van der Waals surface area contributed by atoms with Crippen molar-refractivity contribution in [1.82, 2.24) is 10.2 Å². The van der Waals surface area contributed by atoms with Gasteiger partial charge in [0.2, 0.25) is 11.8 Å². The van der Waals surface area contributed by atoms with Gasteiger partial charge in [-0.1, -0.05) is 26.2 Å². The quantitative estimate of drug-likeness (QED) is 0.762. The molecule has 90 valence electrons. The number of carbonyl (C=O) groups is 2. The fourth-order valence-corrected chi connectivity index (χ4v) is 2.85. The number of amides is 2. The minimum atomic E-state index is -0.553. The summed E-state index contributed by atoms with van der Waals surface area (Å²) < 4.78 is 0. The Balaban J connectivity index is 2.16. The molecule has 1 saturated carbocycles. The second kappa shape index (κ2) is 4.44. The summed E-state index contributed by atoms with van der Waals surface area (Å²) in [5.41, 5.74) is -0.553. The maximum Gasteiger partial charge on any atom is 0.248 e. The average molecular weight is 224 g/mol. The van der Waals surface area contributed by atoms with Crippen LogP contribution in [0, 0.1) is 0 Å². The van der Waals surface area contributed by atoms with E-state index in [-0.39, 0.29) is 18.4 Å². The average Bonchev–Trinajstić information content (AvgIpc) is 2.27. The third-order valence-electron chi connectivity index (χ3n) is 3.61. The highest BCUT2D eigenvalue weighted by Gasteiger charge is 2.46. The Labute approximate surface area is 96.4 Å². The van der Waals surface area contributed by atoms with Crippen molar-refractivity contribution in [3.05, 3.63) is 0 Å². The van der Waals surface area contributed by atoms with Crippen LogP contribution in [0.2, 0.25) is 0 Å². The molecule has 0 radical (unpaired) electrons. The van der Waals surface area contributed by atoms with Crippen molar-refractivity contribution >= 4 is 11.8 Å². The van der Waals surface area contributed by atoms with E-state index in [0.717, 1.165) is 32.1 Å². The van der Waals surface area contributed by atoms with E-state index in [0.29, 0.717) is 6.54 Å². The highest BCUT2D eigenvalue weighted by atomic mass is 16.2. The highest BCUT2D eigenvalue weighted by molar-refractivity contribution is 5.98. The van der Waals surface area contributed by atoms with E-state index in [1.807, 2.05) is 6.92 Å². The Hall–Kier alpha value is -1.06. The molecule has 1 heterocycles. The Morgan fingerprint density at radius 1 is 1.25 bits per heavy atom. The van der Waals surface area contributed by atoms with Crippen LogP contribution in [-0.2, 0) is 9.59 Å². The molecule has 4 nitrogen and oxygen atoms in total. The molecule has 1 saturated heterocycles. The lowest BCUT2D eigenvalue weighted by atomic mass is 9.79. The summed E-state index contributed by atoms with van der Waals surface area (Å²) in [6.45, 7) is 2.98. The predicted octanol–water partition coefficient (Wildman–Crippen LogP) is 1.06. The molecule has 16 heavy (non-hydrogen) atoms. The Bertz CT molecular complexity index is 295. The van der Waals surface area contributed by atoms with Gasteiger partial charge in [-0.2, -0.15) is 0 Å². The van der Waals surface area contributed by atoms with Gasteiger partial charge in [-0.25, -0.2) is 0 Å². The summed E-state index contributed by atoms with van der Waals surface area (Å²) in [7, 11) is 0. The summed E-state index contributed by atoms with van der Waals surface area (Å²) in [5.74, 6) is 0.156.